The van der Waals surface area contributed by atoms with Gasteiger partial charge in [-0.25, -0.2) is 8.70 Å². The Morgan fingerprint density at radius 3 is 2.23 bits per heavy atom. The van der Waals surface area contributed by atoms with Crippen LogP contribution in [0.3, 0.4) is 0 Å². The van der Waals surface area contributed by atoms with E-state index in [1.807, 2.05) is 30.3 Å². The van der Waals surface area contributed by atoms with Crippen LogP contribution in [0.25, 0.3) is 0 Å². The van der Waals surface area contributed by atoms with E-state index < -0.39 is 34.5 Å². The molecule has 0 spiro atoms. The van der Waals surface area contributed by atoms with Gasteiger partial charge < -0.3 is 10.2 Å². The smallest absolute Gasteiger partial charge is 0.304 e. The van der Waals surface area contributed by atoms with Crippen molar-refractivity contribution >= 4 is 50.9 Å². The summed E-state index contributed by atoms with van der Waals surface area (Å²) in [5, 5.41) is 3.87. The van der Waals surface area contributed by atoms with Gasteiger partial charge in [-0.1, -0.05) is 78.9 Å². The molecule has 44 heavy (non-hydrogen) atoms. The number of hydrogen-bond acceptors (Lipinski definition) is 4. The molecular formula is C32H37Cl2FN4O4S. The van der Waals surface area contributed by atoms with Crippen LogP contribution in [0.15, 0.2) is 72.8 Å². The molecule has 236 valence electrons. The fourth-order valence-corrected chi connectivity index (χ4v) is 6.78. The maximum atomic E-state index is 14.4. The molecule has 0 aliphatic heterocycles. The standard InChI is InChI=1S/C32H37Cl2FN4O4S/c1-37(2)44(42,43)39(28-17-15-26(35)16-18-28)22-31(40)38(21-24-13-14-25(33)20-29(24)34)30(19-23-9-5-3-6-10-23)32(41)36-27-11-7-4-8-12-27/h3,5-6,9-10,13-18,20,27,30H,4,7-8,11-12,19,21-22H2,1-2H3,(H,36,41)/t30-/m1/s1. The van der Waals surface area contributed by atoms with Crippen LogP contribution in [0.4, 0.5) is 10.1 Å². The lowest BCUT2D eigenvalue weighted by molar-refractivity contribution is -0.140. The third-order valence-electron chi connectivity index (χ3n) is 7.71. The Bertz CT molecular complexity index is 1540. The van der Waals surface area contributed by atoms with E-state index in [0.717, 1.165) is 58.4 Å². The molecule has 1 N–H and O–H groups in total. The summed E-state index contributed by atoms with van der Waals surface area (Å²) in [6.07, 6.45) is 5.01. The Labute approximate surface area is 268 Å². The Balaban J connectivity index is 1.77. The summed E-state index contributed by atoms with van der Waals surface area (Å²) in [5.41, 5.74) is 1.47. The van der Waals surface area contributed by atoms with Gasteiger partial charge in [0.05, 0.1) is 5.69 Å². The monoisotopic (exact) mass is 662 g/mol. The van der Waals surface area contributed by atoms with Crippen LogP contribution in [0.5, 0.6) is 0 Å². The first-order valence-electron chi connectivity index (χ1n) is 14.5. The van der Waals surface area contributed by atoms with Gasteiger partial charge in [-0.2, -0.15) is 12.7 Å². The molecule has 0 bridgehead atoms. The highest BCUT2D eigenvalue weighted by atomic mass is 35.5. The Morgan fingerprint density at radius 2 is 1.61 bits per heavy atom. The largest absolute Gasteiger partial charge is 0.352 e. The first-order chi connectivity index (χ1) is 21.0. The van der Waals surface area contributed by atoms with E-state index in [2.05, 4.69) is 5.32 Å². The number of carbonyl (C=O) groups excluding carboxylic acids is 2. The predicted octanol–water partition coefficient (Wildman–Crippen LogP) is 5.83. The van der Waals surface area contributed by atoms with E-state index in [-0.39, 0.29) is 30.6 Å². The van der Waals surface area contributed by atoms with Crippen molar-refractivity contribution < 1.29 is 22.4 Å². The van der Waals surface area contributed by atoms with Crippen molar-refractivity contribution in [3.63, 3.8) is 0 Å². The molecule has 0 unspecified atom stereocenters. The highest BCUT2D eigenvalue weighted by molar-refractivity contribution is 7.90. The van der Waals surface area contributed by atoms with Gasteiger partial charge in [-0.05, 0) is 60.4 Å². The number of nitrogens with zero attached hydrogens (tertiary/aromatic N) is 3. The normalized spacial score (nSPS) is 14.7. The minimum Gasteiger partial charge on any atom is -0.352 e. The van der Waals surface area contributed by atoms with Crippen molar-refractivity contribution in [3.05, 3.63) is 99.8 Å². The molecule has 1 aliphatic rings. The van der Waals surface area contributed by atoms with Crippen molar-refractivity contribution in [2.45, 2.75) is 57.2 Å². The number of benzene rings is 3. The zero-order chi connectivity index (χ0) is 31.9. The van der Waals surface area contributed by atoms with Crippen molar-refractivity contribution in [2.24, 2.45) is 0 Å². The highest BCUT2D eigenvalue weighted by Crippen LogP contribution is 2.26. The van der Waals surface area contributed by atoms with Crippen molar-refractivity contribution in [1.29, 1.82) is 0 Å². The molecule has 0 heterocycles. The summed E-state index contributed by atoms with van der Waals surface area (Å²) in [4.78, 5) is 29.8. The molecule has 1 atom stereocenters. The van der Waals surface area contributed by atoms with Crippen LogP contribution >= 0.6 is 23.2 Å². The Kier molecular flexibility index (Phi) is 11.6. The van der Waals surface area contributed by atoms with Gasteiger partial charge in [-0.3, -0.25) is 9.59 Å². The van der Waals surface area contributed by atoms with Gasteiger partial charge in [0, 0.05) is 43.1 Å². The molecule has 0 radical (unpaired) electrons. The number of rotatable bonds is 12. The fraction of sp³-hybridized carbons (Fsp3) is 0.375. The second kappa shape index (κ2) is 15.2. The SMILES string of the molecule is CN(C)S(=O)(=O)N(CC(=O)N(Cc1ccc(Cl)cc1Cl)[C@H](Cc1ccccc1)C(=O)NC1CCCCC1)c1ccc(F)cc1. The zero-order valence-electron chi connectivity index (χ0n) is 24.8. The maximum Gasteiger partial charge on any atom is 0.304 e. The first kappa shape index (κ1) is 33.7. The molecule has 1 fully saturated rings. The number of carbonyl (C=O) groups is 2. The van der Waals surface area contributed by atoms with E-state index >= 15 is 0 Å². The second-order valence-electron chi connectivity index (χ2n) is 11.1. The summed E-state index contributed by atoms with van der Waals surface area (Å²) in [6.45, 7) is -0.719. The van der Waals surface area contributed by atoms with Crippen LogP contribution in [0, 0.1) is 5.82 Å². The van der Waals surface area contributed by atoms with Crippen LogP contribution in [-0.2, 0) is 32.8 Å². The Hall–Kier alpha value is -3.18. The second-order valence-corrected chi connectivity index (χ2v) is 14.0. The molecule has 4 rings (SSSR count). The van der Waals surface area contributed by atoms with Crippen molar-refractivity contribution in [1.82, 2.24) is 14.5 Å². The van der Waals surface area contributed by atoms with E-state index in [0.29, 0.717) is 15.6 Å². The number of anilines is 1. The molecule has 3 aromatic rings. The van der Waals surface area contributed by atoms with Gasteiger partial charge in [0.15, 0.2) is 0 Å². The molecule has 0 saturated heterocycles. The minimum absolute atomic E-state index is 0.0181. The average Bonchev–Trinajstić information content (AvgIpc) is 3.00. The summed E-state index contributed by atoms with van der Waals surface area (Å²) in [6, 6.07) is 18.0. The molecule has 12 heteroatoms. The third-order valence-corrected chi connectivity index (χ3v) is 10.1. The van der Waals surface area contributed by atoms with Crippen molar-refractivity contribution in [2.75, 3.05) is 24.9 Å². The first-order valence-corrected chi connectivity index (χ1v) is 16.6. The predicted molar refractivity (Wildman–Crippen MR) is 172 cm³/mol. The van der Waals surface area contributed by atoms with Gasteiger partial charge in [-0.15, -0.1) is 0 Å². The van der Waals surface area contributed by atoms with E-state index in [1.54, 1.807) is 18.2 Å². The maximum absolute atomic E-state index is 14.4. The van der Waals surface area contributed by atoms with Crippen molar-refractivity contribution in [3.8, 4) is 0 Å². The number of hydrogen-bond donors (Lipinski definition) is 1. The Morgan fingerprint density at radius 1 is 0.955 bits per heavy atom. The molecule has 2 amide bonds. The summed E-state index contributed by atoms with van der Waals surface area (Å²) < 4.78 is 42.6. The quantitative estimate of drug-likeness (QED) is 0.264. The highest BCUT2D eigenvalue weighted by Gasteiger charge is 2.35. The number of nitrogens with one attached hydrogen (secondary N) is 1. The van der Waals surface area contributed by atoms with Crippen LogP contribution in [0.2, 0.25) is 10.0 Å². The molecule has 1 aliphatic carbocycles. The molecule has 0 aromatic heterocycles. The average molecular weight is 664 g/mol. The van der Waals surface area contributed by atoms with Gasteiger partial charge in [0.1, 0.15) is 18.4 Å². The minimum atomic E-state index is -4.19. The van der Waals surface area contributed by atoms with E-state index in [1.165, 1.54) is 31.1 Å². The van der Waals surface area contributed by atoms with Crippen LogP contribution in [0.1, 0.15) is 43.2 Å². The van der Waals surface area contributed by atoms with Gasteiger partial charge in [0.25, 0.3) is 0 Å². The number of amides is 2. The molecule has 3 aromatic carbocycles. The number of halogens is 3. The summed E-state index contributed by atoms with van der Waals surface area (Å²) in [5.74, 6) is -1.52. The summed E-state index contributed by atoms with van der Waals surface area (Å²) >= 11 is 12.7. The fourth-order valence-electron chi connectivity index (χ4n) is 5.26. The van der Waals surface area contributed by atoms with E-state index in [4.69, 9.17) is 23.2 Å². The van der Waals surface area contributed by atoms with E-state index in [9.17, 15) is 22.4 Å². The van der Waals surface area contributed by atoms with Crippen LogP contribution < -0.4 is 9.62 Å². The van der Waals surface area contributed by atoms with Crippen LogP contribution in [-0.4, -0.2) is 62.2 Å². The lowest BCUT2D eigenvalue weighted by Crippen LogP contribution is -2.55. The zero-order valence-corrected chi connectivity index (χ0v) is 27.1. The topological polar surface area (TPSA) is 90.0 Å². The summed E-state index contributed by atoms with van der Waals surface area (Å²) in [7, 11) is -1.51. The lowest BCUT2D eigenvalue weighted by Gasteiger charge is -2.35. The third kappa shape index (κ3) is 8.72. The lowest BCUT2D eigenvalue weighted by atomic mass is 9.94. The molecule has 1 saturated carbocycles. The molecule has 8 nitrogen and oxygen atoms in total. The van der Waals surface area contributed by atoms with Gasteiger partial charge >= 0.3 is 10.2 Å². The molecular weight excluding hydrogens is 626 g/mol. The van der Waals surface area contributed by atoms with Gasteiger partial charge in [0.2, 0.25) is 11.8 Å².